The number of imidazole rings is 1. The molecule has 0 saturated heterocycles. The minimum Gasteiger partial charge on any atom is -0.461 e. The van der Waals surface area contributed by atoms with Crippen LogP contribution in [0.5, 0.6) is 6.01 Å². The molecule has 0 fully saturated rings. The van der Waals surface area contributed by atoms with E-state index in [1.807, 2.05) is 24.3 Å². The molecule has 3 aromatic rings. The molecule has 0 aliphatic carbocycles. The number of fused-ring (bicyclic) bond motifs is 1. The molecule has 1 aromatic carbocycles. The summed E-state index contributed by atoms with van der Waals surface area (Å²) in [6.07, 6.45) is 3.36. The van der Waals surface area contributed by atoms with Gasteiger partial charge in [0.1, 0.15) is 17.9 Å². The monoisotopic (exact) mass is 494 g/mol. The number of carbonyl (C=O) groups is 3. The van der Waals surface area contributed by atoms with Gasteiger partial charge in [-0.05, 0) is 17.5 Å². The van der Waals surface area contributed by atoms with Gasteiger partial charge in [-0.1, -0.05) is 24.3 Å². The summed E-state index contributed by atoms with van der Waals surface area (Å²) < 4.78 is 11.8. The number of aromatic nitrogens is 4. The summed E-state index contributed by atoms with van der Waals surface area (Å²) >= 11 is 0. The normalized spacial score (nSPS) is 13.2. The maximum absolute atomic E-state index is 12.5. The Kier molecular flexibility index (Phi) is 7.54. The zero-order chi connectivity index (χ0) is 25.7. The number of Topliss-reactive ketones (excluding diaryl/α,β-unsaturated/α-hetero) is 1. The average Bonchev–Trinajstić information content (AvgIpc) is 3.35. The zero-order valence-corrected chi connectivity index (χ0v) is 19.7. The second-order valence-corrected chi connectivity index (χ2v) is 8.21. The van der Waals surface area contributed by atoms with E-state index in [2.05, 4.69) is 15.0 Å². The van der Waals surface area contributed by atoms with Gasteiger partial charge in [0.2, 0.25) is 0 Å². The molecule has 3 heterocycles. The van der Waals surface area contributed by atoms with Crippen LogP contribution in [0.25, 0.3) is 11.2 Å². The van der Waals surface area contributed by atoms with E-state index in [0.717, 1.165) is 16.0 Å². The van der Waals surface area contributed by atoms with Crippen molar-refractivity contribution in [1.29, 1.82) is 0 Å². The zero-order valence-electron chi connectivity index (χ0n) is 19.7. The summed E-state index contributed by atoms with van der Waals surface area (Å²) in [4.78, 5) is 60.0. The van der Waals surface area contributed by atoms with E-state index in [1.165, 1.54) is 16.7 Å². The molecule has 1 aliphatic rings. The van der Waals surface area contributed by atoms with Crippen LogP contribution in [0.4, 0.5) is 5.82 Å². The number of aromatic amines is 1. The van der Waals surface area contributed by atoms with Gasteiger partial charge in [-0.15, -0.1) is 0 Å². The van der Waals surface area contributed by atoms with Gasteiger partial charge in [0.15, 0.2) is 11.5 Å². The smallest absolute Gasteiger partial charge is 0.328 e. The first-order valence-electron chi connectivity index (χ1n) is 11.4. The second kappa shape index (κ2) is 11.0. The van der Waals surface area contributed by atoms with Crippen molar-refractivity contribution in [1.82, 2.24) is 24.4 Å². The summed E-state index contributed by atoms with van der Waals surface area (Å²) in [6.45, 7) is 0.938. The van der Waals surface area contributed by atoms with Crippen molar-refractivity contribution >= 4 is 34.6 Å². The third-order valence-corrected chi connectivity index (χ3v) is 5.72. The number of amides is 2. The Morgan fingerprint density at radius 1 is 1.00 bits per heavy atom. The Labute approximate surface area is 205 Å². The Balaban J connectivity index is 1.36. The molecule has 1 aliphatic heterocycles. The molecule has 36 heavy (non-hydrogen) atoms. The molecule has 188 valence electrons. The summed E-state index contributed by atoms with van der Waals surface area (Å²) in [6, 6.07) is 7.59. The molecule has 2 amide bonds. The number of ether oxygens (including phenoxy) is 2. The van der Waals surface area contributed by atoms with E-state index in [-0.39, 0.29) is 61.2 Å². The number of ketones is 1. The SMILES string of the molecule is COCCOc1nc(N)c2[nH]c(=O)n(Cc3ccc(CCC(=O)CCN4C(=O)C=CC4=O)cc3)c2n1. The maximum atomic E-state index is 12.5. The molecule has 4 rings (SSSR count). The number of carbonyl (C=O) groups excluding carboxylic acids is 3. The Hall–Kier alpha value is -4.32. The number of anilines is 1. The number of rotatable bonds is 12. The predicted molar refractivity (Wildman–Crippen MR) is 129 cm³/mol. The van der Waals surface area contributed by atoms with Gasteiger partial charge in [0, 0.05) is 38.6 Å². The van der Waals surface area contributed by atoms with Crippen LogP contribution in [-0.2, 0) is 32.1 Å². The number of benzene rings is 1. The topological polar surface area (TPSA) is 162 Å². The Bertz CT molecular complexity index is 1360. The summed E-state index contributed by atoms with van der Waals surface area (Å²) in [5, 5.41) is 0. The molecule has 0 atom stereocenters. The average molecular weight is 495 g/mol. The van der Waals surface area contributed by atoms with E-state index in [9.17, 15) is 19.2 Å². The molecule has 12 nitrogen and oxygen atoms in total. The number of nitrogens with one attached hydrogen (secondary N) is 1. The Morgan fingerprint density at radius 3 is 2.39 bits per heavy atom. The van der Waals surface area contributed by atoms with Crippen LogP contribution in [0.1, 0.15) is 24.0 Å². The number of aryl methyl sites for hydroxylation is 1. The Morgan fingerprint density at radius 2 is 1.69 bits per heavy atom. The highest BCUT2D eigenvalue weighted by atomic mass is 16.5. The fraction of sp³-hybridized carbons (Fsp3) is 0.333. The lowest BCUT2D eigenvalue weighted by Crippen LogP contribution is -2.32. The van der Waals surface area contributed by atoms with Gasteiger partial charge in [-0.2, -0.15) is 9.97 Å². The third kappa shape index (κ3) is 5.66. The van der Waals surface area contributed by atoms with E-state index in [1.54, 1.807) is 7.11 Å². The highest BCUT2D eigenvalue weighted by Crippen LogP contribution is 2.19. The van der Waals surface area contributed by atoms with Gasteiger partial charge in [-0.3, -0.25) is 23.9 Å². The minimum atomic E-state index is -0.387. The lowest BCUT2D eigenvalue weighted by molar-refractivity contribution is -0.137. The van der Waals surface area contributed by atoms with Gasteiger partial charge in [-0.25, -0.2) is 4.79 Å². The molecule has 3 N–H and O–H groups in total. The van der Waals surface area contributed by atoms with E-state index >= 15 is 0 Å². The largest absolute Gasteiger partial charge is 0.461 e. The first-order chi connectivity index (χ1) is 17.4. The van der Waals surface area contributed by atoms with E-state index in [4.69, 9.17) is 15.2 Å². The molecule has 0 radical (unpaired) electrons. The summed E-state index contributed by atoms with van der Waals surface area (Å²) in [7, 11) is 1.55. The highest BCUT2D eigenvalue weighted by Gasteiger charge is 2.23. The van der Waals surface area contributed by atoms with Crippen molar-refractivity contribution in [2.45, 2.75) is 25.8 Å². The van der Waals surface area contributed by atoms with Crippen LogP contribution in [0.2, 0.25) is 0 Å². The van der Waals surface area contributed by atoms with Crippen molar-refractivity contribution in [3.63, 3.8) is 0 Å². The van der Waals surface area contributed by atoms with Gasteiger partial charge in [0.25, 0.3) is 11.8 Å². The molecular formula is C24H26N6O6. The number of hydrogen-bond acceptors (Lipinski definition) is 9. The standard InChI is InChI=1S/C24H26N6O6/c1-35-12-13-36-23-27-21(25)20-22(28-23)30(24(34)26-20)14-16-4-2-15(3-5-16)6-7-17(31)10-11-29-18(32)8-9-19(29)33/h2-5,8-9H,6-7,10-14H2,1H3,(H,26,34)(H2,25,27,28). The van der Waals surface area contributed by atoms with Gasteiger partial charge in [0.05, 0.1) is 13.2 Å². The first-order valence-corrected chi connectivity index (χ1v) is 11.4. The maximum Gasteiger partial charge on any atom is 0.328 e. The number of nitrogens with two attached hydrogens (primary N) is 1. The number of methoxy groups -OCH3 is 1. The predicted octanol–water partition coefficient (Wildman–Crippen LogP) is 0.592. The van der Waals surface area contributed by atoms with Crippen molar-refractivity contribution in [3.8, 4) is 6.01 Å². The van der Waals surface area contributed by atoms with E-state index in [0.29, 0.717) is 30.6 Å². The van der Waals surface area contributed by atoms with Crippen LogP contribution in [0.3, 0.4) is 0 Å². The van der Waals surface area contributed by atoms with Crippen molar-refractivity contribution < 1.29 is 23.9 Å². The number of hydrogen-bond donors (Lipinski definition) is 2. The summed E-state index contributed by atoms with van der Waals surface area (Å²) in [5.74, 6) is -0.695. The molecule has 0 bridgehead atoms. The van der Waals surface area contributed by atoms with Crippen molar-refractivity contribution in [2.75, 3.05) is 32.6 Å². The molecule has 12 heteroatoms. The number of H-pyrrole nitrogens is 1. The minimum absolute atomic E-state index is 0.0299. The van der Waals surface area contributed by atoms with Crippen LogP contribution < -0.4 is 16.2 Å². The van der Waals surface area contributed by atoms with Crippen molar-refractivity contribution in [3.05, 3.63) is 58.0 Å². The lowest BCUT2D eigenvalue weighted by atomic mass is 10.0. The van der Waals surface area contributed by atoms with Crippen LogP contribution in [0.15, 0.2) is 41.2 Å². The van der Waals surface area contributed by atoms with E-state index < -0.39 is 0 Å². The summed E-state index contributed by atoms with van der Waals surface area (Å²) in [5.41, 5.74) is 8.07. The number of nitrogen functional groups attached to an aromatic ring is 1. The molecule has 0 unspecified atom stereocenters. The fourth-order valence-corrected chi connectivity index (χ4v) is 3.75. The highest BCUT2D eigenvalue weighted by molar-refractivity contribution is 6.13. The molecule has 0 spiro atoms. The number of imide groups is 1. The molecule has 2 aromatic heterocycles. The van der Waals surface area contributed by atoms with Crippen LogP contribution in [0, 0.1) is 0 Å². The van der Waals surface area contributed by atoms with Crippen LogP contribution in [-0.4, -0.2) is 68.9 Å². The fourth-order valence-electron chi connectivity index (χ4n) is 3.75. The molecule has 0 saturated carbocycles. The third-order valence-electron chi connectivity index (χ3n) is 5.72. The van der Waals surface area contributed by atoms with Crippen LogP contribution >= 0.6 is 0 Å². The molecular weight excluding hydrogens is 468 g/mol. The lowest BCUT2D eigenvalue weighted by Gasteiger charge is -2.12. The van der Waals surface area contributed by atoms with Gasteiger partial charge < -0.3 is 20.2 Å². The quantitative estimate of drug-likeness (QED) is 0.271. The first kappa shape index (κ1) is 24.8. The second-order valence-electron chi connectivity index (χ2n) is 8.21. The van der Waals surface area contributed by atoms with Crippen molar-refractivity contribution in [2.24, 2.45) is 0 Å². The number of nitrogens with zero attached hydrogens (tertiary/aromatic N) is 4. The van der Waals surface area contributed by atoms with Gasteiger partial charge >= 0.3 is 11.7 Å².